The van der Waals surface area contributed by atoms with Crippen molar-refractivity contribution in [3.8, 4) is 0 Å². The van der Waals surface area contributed by atoms with Crippen molar-refractivity contribution in [3.05, 3.63) is 94.0 Å². The van der Waals surface area contributed by atoms with E-state index in [9.17, 15) is 9.59 Å². The minimum absolute atomic E-state index is 0. The molecule has 1 amide bonds. The van der Waals surface area contributed by atoms with Crippen LogP contribution in [-0.4, -0.2) is 30.6 Å². The molecular formula is C27H28Cl2N4O2. The number of carbonyl (C=O) groups is 2. The zero-order valence-corrected chi connectivity index (χ0v) is 20.8. The summed E-state index contributed by atoms with van der Waals surface area (Å²) >= 11 is 5.89. The summed E-state index contributed by atoms with van der Waals surface area (Å²) in [6, 6.07) is 20.2. The van der Waals surface area contributed by atoms with Crippen LogP contribution in [0.4, 0.5) is 11.4 Å². The van der Waals surface area contributed by atoms with Gasteiger partial charge in [-0.1, -0.05) is 35.9 Å². The molecule has 0 aliphatic carbocycles. The van der Waals surface area contributed by atoms with Crippen LogP contribution in [-0.2, 0) is 17.6 Å². The van der Waals surface area contributed by atoms with E-state index in [2.05, 4.69) is 5.32 Å². The van der Waals surface area contributed by atoms with Gasteiger partial charge in [-0.25, -0.2) is 0 Å². The Labute approximate surface area is 216 Å². The lowest BCUT2D eigenvalue weighted by Crippen LogP contribution is -2.35. The lowest BCUT2D eigenvalue weighted by molar-refractivity contribution is -0.118. The highest BCUT2D eigenvalue weighted by molar-refractivity contribution is 6.30. The summed E-state index contributed by atoms with van der Waals surface area (Å²) in [6.07, 6.45) is 2.84. The number of ketones is 1. The molecule has 182 valence electrons. The number of rotatable bonds is 8. The van der Waals surface area contributed by atoms with Gasteiger partial charge < -0.3 is 16.0 Å². The molecule has 4 N–H and O–H groups in total. The number of nitrogens with two attached hydrogens (primary N) is 1. The molecule has 0 aromatic heterocycles. The highest BCUT2D eigenvalue weighted by Gasteiger charge is 2.22. The normalized spacial score (nSPS) is 12.3. The highest BCUT2D eigenvalue weighted by atomic mass is 35.5. The first kappa shape index (κ1) is 26.3. The van der Waals surface area contributed by atoms with Crippen molar-refractivity contribution < 1.29 is 9.59 Å². The van der Waals surface area contributed by atoms with Gasteiger partial charge in [0.25, 0.3) is 0 Å². The fourth-order valence-corrected chi connectivity index (χ4v) is 4.25. The van der Waals surface area contributed by atoms with Crippen molar-refractivity contribution >= 4 is 52.9 Å². The molecule has 3 aromatic carbocycles. The lowest BCUT2D eigenvalue weighted by Gasteiger charge is -2.30. The predicted molar refractivity (Wildman–Crippen MR) is 144 cm³/mol. The molecular weight excluding hydrogens is 483 g/mol. The number of Topliss-reactive ketones (excluding diaryl/α,β-unsaturated/α-hetero) is 1. The van der Waals surface area contributed by atoms with E-state index in [1.807, 2.05) is 47.4 Å². The number of benzene rings is 3. The average Bonchev–Trinajstić information content (AvgIpc) is 2.86. The highest BCUT2D eigenvalue weighted by Crippen LogP contribution is 2.30. The maximum absolute atomic E-state index is 13.0. The summed E-state index contributed by atoms with van der Waals surface area (Å²) in [5.74, 6) is 0.119. The molecule has 0 spiro atoms. The molecule has 35 heavy (non-hydrogen) atoms. The number of carbonyl (C=O) groups excluding carboxylic acids is 2. The van der Waals surface area contributed by atoms with Crippen molar-refractivity contribution in [1.29, 1.82) is 5.41 Å². The first-order valence-corrected chi connectivity index (χ1v) is 11.7. The number of hydrogen-bond acceptors (Lipinski definition) is 4. The second kappa shape index (κ2) is 11.9. The number of nitrogens with one attached hydrogen (secondary N) is 2. The molecule has 1 aliphatic rings. The van der Waals surface area contributed by atoms with Crippen molar-refractivity contribution in [1.82, 2.24) is 0 Å². The number of nitrogen functional groups attached to an aromatic ring is 1. The second-order valence-electron chi connectivity index (χ2n) is 8.39. The third kappa shape index (κ3) is 6.62. The molecule has 0 fully saturated rings. The Morgan fingerprint density at radius 2 is 1.69 bits per heavy atom. The SMILES string of the molecule is Cl.N=C(N)c1ccc(CCC(=O)N2CCCc3cc(NCC(=O)c4ccc(Cl)cc4)ccc32)cc1. The molecule has 6 nitrogen and oxygen atoms in total. The molecule has 0 saturated heterocycles. The lowest BCUT2D eigenvalue weighted by atomic mass is 9.99. The van der Waals surface area contributed by atoms with Crippen LogP contribution in [0.2, 0.25) is 5.02 Å². The Bertz CT molecular complexity index is 1210. The van der Waals surface area contributed by atoms with Crippen molar-refractivity contribution in [2.24, 2.45) is 5.73 Å². The number of amides is 1. The summed E-state index contributed by atoms with van der Waals surface area (Å²) in [6.45, 7) is 0.891. The third-order valence-corrected chi connectivity index (χ3v) is 6.26. The number of anilines is 2. The van der Waals surface area contributed by atoms with Crippen LogP contribution in [0.15, 0.2) is 66.7 Å². The van der Waals surface area contributed by atoms with Crippen LogP contribution >= 0.6 is 24.0 Å². The number of aryl methyl sites for hydroxylation is 2. The molecule has 0 saturated carbocycles. The van der Waals surface area contributed by atoms with Gasteiger partial charge in [0, 0.05) is 40.5 Å². The van der Waals surface area contributed by atoms with Gasteiger partial charge in [0.1, 0.15) is 5.84 Å². The van der Waals surface area contributed by atoms with Gasteiger partial charge in [0.05, 0.1) is 6.54 Å². The van der Waals surface area contributed by atoms with E-state index in [1.165, 1.54) is 0 Å². The Hall–Kier alpha value is -3.35. The number of amidine groups is 1. The van der Waals surface area contributed by atoms with Crippen LogP contribution < -0.4 is 16.0 Å². The van der Waals surface area contributed by atoms with Crippen LogP contribution in [0.3, 0.4) is 0 Å². The Morgan fingerprint density at radius 3 is 2.37 bits per heavy atom. The molecule has 0 bridgehead atoms. The number of hydrogen-bond donors (Lipinski definition) is 3. The summed E-state index contributed by atoms with van der Waals surface area (Å²) in [5.41, 5.74) is 10.7. The maximum Gasteiger partial charge on any atom is 0.227 e. The molecule has 1 heterocycles. The molecule has 1 aliphatic heterocycles. The van der Waals surface area contributed by atoms with Gasteiger partial charge in [0.15, 0.2) is 5.78 Å². The van der Waals surface area contributed by atoms with Crippen LogP contribution in [0, 0.1) is 5.41 Å². The molecule has 0 unspecified atom stereocenters. The van der Waals surface area contributed by atoms with Gasteiger partial charge in [0.2, 0.25) is 5.91 Å². The van der Waals surface area contributed by atoms with E-state index in [1.54, 1.807) is 24.3 Å². The number of nitrogens with zero attached hydrogens (tertiary/aromatic N) is 1. The van der Waals surface area contributed by atoms with Crippen molar-refractivity contribution in [2.45, 2.75) is 25.7 Å². The summed E-state index contributed by atoms with van der Waals surface area (Å²) in [5, 5.41) is 11.3. The van der Waals surface area contributed by atoms with E-state index < -0.39 is 0 Å². The average molecular weight is 511 g/mol. The summed E-state index contributed by atoms with van der Waals surface area (Å²) in [4.78, 5) is 27.3. The minimum Gasteiger partial charge on any atom is -0.384 e. The van der Waals surface area contributed by atoms with E-state index in [0.717, 1.165) is 35.3 Å². The number of halogens is 2. The second-order valence-corrected chi connectivity index (χ2v) is 8.82. The molecule has 4 rings (SSSR count). The van der Waals surface area contributed by atoms with Gasteiger partial charge in [-0.05, 0) is 72.9 Å². The predicted octanol–water partition coefficient (Wildman–Crippen LogP) is 5.25. The van der Waals surface area contributed by atoms with Crippen LogP contribution in [0.25, 0.3) is 0 Å². The maximum atomic E-state index is 13.0. The van der Waals surface area contributed by atoms with E-state index in [0.29, 0.717) is 35.5 Å². The molecule has 3 aromatic rings. The van der Waals surface area contributed by atoms with Gasteiger partial charge in [-0.15, -0.1) is 12.4 Å². The first-order valence-electron chi connectivity index (χ1n) is 11.3. The van der Waals surface area contributed by atoms with E-state index in [-0.39, 0.29) is 36.5 Å². The number of fused-ring (bicyclic) bond motifs is 1. The first-order chi connectivity index (χ1) is 16.4. The molecule has 0 radical (unpaired) electrons. The van der Waals surface area contributed by atoms with Gasteiger partial charge >= 0.3 is 0 Å². The van der Waals surface area contributed by atoms with Gasteiger partial charge in [-0.2, -0.15) is 0 Å². The quantitative estimate of drug-likeness (QED) is 0.219. The van der Waals surface area contributed by atoms with Gasteiger partial charge in [-0.3, -0.25) is 15.0 Å². The Kier molecular flexibility index (Phi) is 8.90. The monoisotopic (exact) mass is 510 g/mol. The topological polar surface area (TPSA) is 99.3 Å². The third-order valence-electron chi connectivity index (χ3n) is 6.01. The zero-order valence-electron chi connectivity index (χ0n) is 19.2. The Balaban J connectivity index is 0.00000342. The minimum atomic E-state index is -0.0115. The molecule has 8 heteroatoms. The largest absolute Gasteiger partial charge is 0.384 e. The summed E-state index contributed by atoms with van der Waals surface area (Å²) < 4.78 is 0. The van der Waals surface area contributed by atoms with E-state index >= 15 is 0 Å². The molecule has 0 atom stereocenters. The van der Waals surface area contributed by atoms with E-state index in [4.69, 9.17) is 22.7 Å². The zero-order chi connectivity index (χ0) is 24.1. The fraction of sp³-hybridized carbons (Fsp3) is 0.222. The van der Waals surface area contributed by atoms with Crippen LogP contribution in [0.5, 0.6) is 0 Å². The fourth-order valence-electron chi connectivity index (χ4n) is 4.12. The Morgan fingerprint density at radius 1 is 1.00 bits per heavy atom. The van der Waals surface area contributed by atoms with Crippen molar-refractivity contribution in [2.75, 3.05) is 23.3 Å². The summed E-state index contributed by atoms with van der Waals surface area (Å²) in [7, 11) is 0. The van der Waals surface area contributed by atoms with Crippen molar-refractivity contribution in [3.63, 3.8) is 0 Å². The van der Waals surface area contributed by atoms with Crippen LogP contribution in [0.1, 0.15) is 39.9 Å². The standard InChI is InChI=1S/C27H27ClN4O2.ClH/c28-22-10-8-19(9-11-22)25(33)17-31-23-12-13-24-21(16-23)2-1-15-32(24)26(34)14-5-18-3-6-20(7-4-18)27(29)30;/h3-4,6-13,16,31H,1-2,5,14-15,17H2,(H3,29,30);1H. The smallest absolute Gasteiger partial charge is 0.227 e.